The number of carbonyl (C=O) groups is 1. The smallest absolute Gasteiger partial charge is 0.228 e. The zero-order chi connectivity index (χ0) is 15.5. The van der Waals surface area contributed by atoms with Crippen molar-refractivity contribution in [1.29, 1.82) is 0 Å². The van der Waals surface area contributed by atoms with Crippen LogP contribution in [0.25, 0.3) is 10.6 Å². The number of hydrogen-bond acceptors (Lipinski definition) is 4. The van der Waals surface area contributed by atoms with Crippen LogP contribution in [0.15, 0.2) is 24.3 Å². The van der Waals surface area contributed by atoms with E-state index < -0.39 is 0 Å². The average molecular weight is 316 g/mol. The van der Waals surface area contributed by atoms with Gasteiger partial charge in [0.1, 0.15) is 5.01 Å². The zero-order valence-corrected chi connectivity index (χ0v) is 13.8. The van der Waals surface area contributed by atoms with Crippen molar-refractivity contribution in [3.05, 3.63) is 40.4 Å². The standard InChI is InChI=1S/C17H20N2O2S/c1-12-4-3-5-14(10-12)17-18-13(2)15(22-17)11-16(20)19-6-8-21-9-7-19/h3-5,10H,6-9,11H2,1-2H3. The number of amides is 1. The lowest BCUT2D eigenvalue weighted by Gasteiger charge is -2.26. The number of nitrogens with zero attached hydrogens (tertiary/aromatic N) is 2. The number of aromatic nitrogens is 1. The molecular formula is C17H20N2O2S. The van der Waals surface area contributed by atoms with E-state index >= 15 is 0 Å². The minimum absolute atomic E-state index is 0.172. The third kappa shape index (κ3) is 3.36. The summed E-state index contributed by atoms with van der Waals surface area (Å²) in [5.74, 6) is 0.172. The molecule has 116 valence electrons. The molecule has 0 saturated carbocycles. The summed E-state index contributed by atoms with van der Waals surface area (Å²) >= 11 is 1.62. The molecule has 0 radical (unpaired) electrons. The normalized spacial score (nSPS) is 15.1. The largest absolute Gasteiger partial charge is 0.378 e. The molecular weight excluding hydrogens is 296 g/mol. The first-order valence-corrected chi connectivity index (χ1v) is 8.34. The molecule has 0 spiro atoms. The van der Waals surface area contributed by atoms with Crippen molar-refractivity contribution in [2.75, 3.05) is 26.3 Å². The first-order chi connectivity index (χ1) is 10.6. The van der Waals surface area contributed by atoms with Crippen LogP contribution in [0.1, 0.15) is 16.1 Å². The van der Waals surface area contributed by atoms with Gasteiger partial charge in [-0.2, -0.15) is 0 Å². The summed E-state index contributed by atoms with van der Waals surface area (Å²) < 4.78 is 5.29. The minimum atomic E-state index is 0.172. The van der Waals surface area contributed by atoms with E-state index in [2.05, 4.69) is 30.1 Å². The fraction of sp³-hybridized carbons (Fsp3) is 0.412. The van der Waals surface area contributed by atoms with Gasteiger partial charge in [0.05, 0.1) is 25.3 Å². The molecule has 0 aliphatic carbocycles. The number of benzene rings is 1. The van der Waals surface area contributed by atoms with Crippen LogP contribution in [0, 0.1) is 13.8 Å². The molecule has 0 unspecified atom stereocenters. The van der Waals surface area contributed by atoms with E-state index in [1.807, 2.05) is 17.9 Å². The van der Waals surface area contributed by atoms with Crippen molar-refractivity contribution in [2.45, 2.75) is 20.3 Å². The first-order valence-electron chi connectivity index (χ1n) is 7.52. The van der Waals surface area contributed by atoms with Crippen molar-refractivity contribution in [2.24, 2.45) is 0 Å². The molecule has 0 atom stereocenters. The lowest BCUT2D eigenvalue weighted by atomic mass is 10.1. The van der Waals surface area contributed by atoms with E-state index in [1.165, 1.54) is 5.56 Å². The van der Waals surface area contributed by atoms with Gasteiger partial charge in [-0.05, 0) is 19.9 Å². The highest BCUT2D eigenvalue weighted by Crippen LogP contribution is 2.29. The second-order valence-corrected chi connectivity index (χ2v) is 6.65. The van der Waals surface area contributed by atoms with Gasteiger partial charge in [0.15, 0.2) is 0 Å². The number of ether oxygens (including phenoxy) is 1. The second-order valence-electron chi connectivity index (χ2n) is 5.57. The second kappa shape index (κ2) is 6.58. The molecule has 1 aliphatic heterocycles. The fourth-order valence-corrected chi connectivity index (χ4v) is 3.61. The van der Waals surface area contributed by atoms with Gasteiger partial charge < -0.3 is 9.64 Å². The molecule has 1 fully saturated rings. The number of hydrogen-bond donors (Lipinski definition) is 0. The fourth-order valence-electron chi connectivity index (χ4n) is 2.56. The predicted octanol–water partition coefficient (Wildman–Crippen LogP) is 2.83. The van der Waals surface area contributed by atoms with E-state index in [0.29, 0.717) is 32.7 Å². The summed E-state index contributed by atoms with van der Waals surface area (Å²) in [6.45, 7) is 6.73. The number of thiazole rings is 1. The van der Waals surface area contributed by atoms with Crippen molar-refractivity contribution in [3.63, 3.8) is 0 Å². The molecule has 1 aromatic carbocycles. The average Bonchev–Trinajstić information content (AvgIpc) is 2.89. The summed E-state index contributed by atoms with van der Waals surface area (Å²) in [5, 5.41) is 0.992. The van der Waals surface area contributed by atoms with Crippen LogP contribution in [-0.2, 0) is 16.0 Å². The number of aryl methyl sites for hydroxylation is 2. The van der Waals surface area contributed by atoms with Crippen LogP contribution in [0.2, 0.25) is 0 Å². The van der Waals surface area contributed by atoms with Crippen molar-refractivity contribution in [1.82, 2.24) is 9.88 Å². The van der Waals surface area contributed by atoms with Gasteiger partial charge in [-0.1, -0.05) is 23.8 Å². The van der Waals surface area contributed by atoms with Gasteiger partial charge in [-0.15, -0.1) is 11.3 Å². The SMILES string of the molecule is Cc1cccc(-c2nc(C)c(CC(=O)N3CCOCC3)s2)c1. The summed E-state index contributed by atoms with van der Waals surface area (Å²) in [7, 11) is 0. The van der Waals surface area contributed by atoms with Gasteiger partial charge >= 0.3 is 0 Å². The maximum absolute atomic E-state index is 12.4. The Morgan fingerprint density at radius 1 is 1.32 bits per heavy atom. The molecule has 0 N–H and O–H groups in total. The third-order valence-corrected chi connectivity index (χ3v) is 5.04. The van der Waals surface area contributed by atoms with E-state index in [-0.39, 0.29) is 5.91 Å². The van der Waals surface area contributed by atoms with Crippen molar-refractivity contribution >= 4 is 17.2 Å². The lowest BCUT2D eigenvalue weighted by molar-refractivity contribution is -0.134. The first kappa shape index (κ1) is 15.2. The Bertz CT molecular complexity index is 675. The van der Waals surface area contributed by atoms with Crippen LogP contribution in [0.5, 0.6) is 0 Å². The molecule has 22 heavy (non-hydrogen) atoms. The van der Waals surface area contributed by atoms with Crippen LogP contribution in [0.4, 0.5) is 0 Å². The van der Waals surface area contributed by atoms with Gasteiger partial charge in [0, 0.05) is 23.5 Å². The monoisotopic (exact) mass is 316 g/mol. The third-order valence-electron chi connectivity index (χ3n) is 3.83. The Kier molecular flexibility index (Phi) is 4.55. The summed E-state index contributed by atoms with van der Waals surface area (Å²) in [6.07, 6.45) is 0.440. The topological polar surface area (TPSA) is 42.4 Å². The highest BCUT2D eigenvalue weighted by Gasteiger charge is 2.19. The molecule has 1 amide bonds. The van der Waals surface area contributed by atoms with Crippen molar-refractivity contribution < 1.29 is 9.53 Å². The Balaban J connectivity index is 1.76. The quantitative estimate of drug-likeness (QED) is 0.874. The molecule has 4 nitrogen and oxygen atoms in total. The Morgan fingerprint density at radius 3 is 2.82 bits per heavy atom. The van der Waals surface area contributed by atoms with E-state index in [0.717, 1.165) is 21.1 Å². The van der Waals surface area contributed by atoms with Crippen LogP contribution >= 0.6 is 11.3 Å². The molecule has 3 rings (SSSR count). The predicted molar refractivity (Wildman–Crippen MR) is 88.1 cm³/mol. The van der Waals surface area contributed by atoms with E-state index in [9.17, 15) is 4.79 Å². The molecule has 0 bridgehead atoms. The van der Waals surface area contributed by atoms with Crippen LogP contribution < -0.4 is 0 Å². The zero-order valence-electron chi connectivity index (χ0n) is 13.0. The minimum Gasteiger partial charge on any atom is -0.378 e. The van der Waals surface area contributed by atoms with Gasteiger partial charge in [-0.25, -0.2) is 4.98 Å². The van der Waals surface area contributed by atoms with Crippen LogP contribution in [-0.4, -0.2) is 42.1 Å². The molecule has 5 heteroatoms. The Labute approximate surface area is 134 Å². The molecule has 1 aliphatic rings. The van der Waals surface area contributed by atoms with Crippen LogP contribution in [0.3, 0.4) is 0 Å². The number of rotatable bonds is 3. The molecule has 1 saturated heterocycles. The summed E-state index contributed by atoms with van der Waals surface area (Å²) in [4.78, 5) is 20.0. The summed E-state index contributed by atoms with van der Waals surface area (Å²) in [6, 6.07) is 8.32. The molecule has 2 aromatic rings. The van der Waals surface area contributed by atoms with Gasteiger partial charge in [0.2, 0.25) is 5.91 Å². The van der Waals surface area contributed by atoms with Crippen molar-refractivity contribution in [3.8, 4) is 10.6 Å². The molecule has 1 aromatic heterocycles. The number of morpholine rings is 1. The Morgan fingerprint density at radius 2 is 2.09 bits per heavy atom. The van der Waals surface area contributed by atoms with E-state index in [1.54, 1.807) is 11.3 Å². The van der Waals surface area contributed by atoms with Gasteiger partial charge in [-0.3, -0.25) is 4.79 Å². The highest BCUT2D eigenvalue weighted by molar-refractivity contribution is 7.15. The maximum Gasteiger partial charge on any atom is 0.228 e. The maximum atomic E-state index is 12.4. The summed E-state index contributed by atoms with van der Waals surface area (Å²) in [5.41, 5.74) is 3.30. The highest BCUT2D eigenvalue weighted by atomic mass is 32.1. The number of carbonyl (C=O) groups excluding carboxylic acids is 1. The van der Waals surface area contributed by atoms with E-state index in [4.69, 9.17) is 4.74 Å². The molecule has 2 heterocycles. The van der Waals surface area contributed by atoms with Gasteiger partial charge in [0.25, 0.3) is 0 Å². The Hall–Kier alpha value is -1.72. The lowest BCUT2D eigenvalue weighted by Crippen LogP contribution is -2.41.